The highest BCUT2D eigenvalue weighted by atomic mass is 32.2. The lowest BCUT2D eigenvalue weighted by Crippen LogP contribution is -2.41. The van der Waals surface area contributed by atoms with Crippen molar-refractivity contribution in [2.24, 2.45) is 5.92 Å². The van der Waals surface area contributed by atoms with Crippen LogP contribution in [-0.2, 0) is 10.2 Å². The maximum absolute atomic E-state index is 12.6. The molecule has 1 saturated heterocycles. The van der Waals surface area contributed by atoms with Crippen molar-refractivity contribution in [3.05, 3.63) is 12.1 Å². The Kier molecular flexibility index (Phi) is 4.65. The molecular weight excluding hydrogens is 396 g/mol. The average molecular weight is 415 g/mol. The van der Waals surface area contributed by atoms with Crippen LogP contribution in [0.5, 0.6) is 0 Å². The van der Waals surface area contributed by atoms with Gasteiger partial charge in [0.25, 0.3) is 0 Å². The molecule has 3 aromatic rings. The molecule has 0 saturated carbocycles. The fourth-order valence-corrected chi connectivity index (χ4v) is 6.96. The monoisotopic (exact) mass is 414 g/mol. The largest absolute Gasteiger partial charge is 0.303 e. The summed E-state index contributed by atoms with van der Waals surface area (Å²) in [5.41, 5.74) is 1.74. The van der Waals surface area contributed by atoms with E-state index in [9.17, 15) is 8.42 Å². The van der Waals surface area contributed by atoms with Crippen LogP contribution in [0.2, 0.25) is 0 Å². The number of fused-ring (bicyclic) bond motifs is 3. The molecule has 10 heteroatoms. The topological polar surface area (TPSA) is 75.2 Å². The van der Waals surface area contributed by atoms with Gasteiger partial charge in [-0.3, -0.25) is 0 Å². The molecule has 0 amide bonds. The minimum Gasteiger partial charge on any atom is -0.246 e. The van der Waals surface area contributed by atoms with Crippen LogP contribution in [0.4, 0.5) is 5.13 Å². The molecule has 3 heterocycles. The second kappa shape index (κ2) is 6.66. The number of piperidine rings is 1. The van der Waals surface area contributed by atoms with E-state index in [1.54, 1.807) is 23.1 Å². The van der Waals surface area contributed by atoms with Gasteiger partial charge in [-0.2, -0.15) is 12.7 Å². The molecule has 1 fully saturated rings. The van der Waals surface area contributed by atoms with Gasteiger partial charge in [-0.05, 0) is 37.1 Å². The van der Waals surface area contributed by atoms with Gasteiger partial charge in [-0.25, -0.2) is 14.7 Å². The van der Waals surface area contributed by atoms with Gasteiger partial charge < -0.3 is 0 Å². The lowest BCUT2D eigenvalue weighted by Gasteiger charge is -2.29. The number of thioether (sulfide) groups is 1. The smallest absolute Gasteiger partial charge is 0.246 e. The summed E-state index contributed by atoms with van der Waals surface area (Å²) in [4.78, 5) is 9.03. The number of thiazole rings is 2. The molecule has 0 bridgehead atoms. The first-order chi connectivity index (χ1) is 12.0. The second-order valence-corrected chi connectivity index (χ2v) is 10.9. The van der Waals surface area contributed by atoms with E-state index in [-0.39, 0.29) is 0 Å². The van der Waals surface area contributed by atoms with E-state index in [0.717, 1.165) is 37.6 Å². The lowest BCUT2D eigenvalue weighted by molar-refractivity contribution is 0.289. The minimum atomic E-state index is -3.55. The standard InChI is InChI=1S/C15H18N4O2S4/c1-9-5-7-19(8-6-9)25(20,21)18-14-16-10-3-4-11-13(12(10)23-14)24-15(17-11)22-2/h3-4,9H,5-8H2,1-2H3,(H,16,18). The number of hydrogen-bond donors (Lipinski definition) is 1. The van der Waals surface area contributed by atoms with Gasteiger partial charge in [0.05, 0.1) is 20.4 Å². The zero-order chi connectivity index (χ0) is 17.6. The second-order valence-electron chi connectivity index (χ2n) is 6.15. The van der Waals surface area contributed by atoms with E-state index in [2.05, 4.69) is 21.6 Å². The normalized spacial score (nSPS) is 17.5. The Balaban J connectivity index is 1.65. The average Bonchev–Trinajstić information content (AvgIpc) is 3.17. The highest BCUT2D eigenvalue weighted by molar-refractivity contribution is 8.00. The first-order valence-corrected chi connectivity index (χ1v) is 12.3. The third kappa shape index (κ3) is 3.37. The summed E-state index contributed by atoms with van der Waals surface area (Å²) >= 11 is 4.61. The third-order valence-electron chi connectivity index (χ3n) is 4.37. The zero-order valence-corrected chi connectivity index (χ0v) is 17.1. The van der Waals surface area contributed by atoms with E-state index in [1.165, 1.54) is 15.6 Å². The Morgan fingerprint density at radius 1 is 1.16 bits per heavy atom. The highest BCUT2D eigenvalue weighted by Crippen LogP contribution is 2.38. The lowest BCUT2D eigenvalue weighted by atomic mass is 10.0. The Bertz CT molecular complexity index is 1020. The summed E-state index contributed by atoms with van der Waals surface area (Å²) in [6.07, 6.45) is 3.81. The Morgan fingerprint density at radius 2 is 1.80 bits per heavy atom. The van der Waals surface area contributed by atoms with Crippen LogP contribution < -0.4 is 4.72 Å². The van der Waals surface area contributed by atoms with Gasteiger partial charge in [0.2, 0.25) is 0 Å². The summed E-state index contributed by atoms with van der Waals surface area (Å²) in [6, 6.07) is 3.84. The van der Waals surface area contributed by atoms with Crippen molar-refractivity contribution >= 4 is 70.2 Å². The Labute approximate surface area is 158 Å². The van der Waals surface area contributed by atoms with Crippen molar-refractivity contribution in [1.82, 2.24) is 14.3 Å². The molecule has 1 aromatic carbocycles. The van der Waals surface area contributed by atoms with Crippen LogP contribution in [0.25, 0.3) is 20.4 Å². The van der Waals surface area contributed by atoms with Crippen molar-refractivity contribution in [2.45, 2.75) is 24.1 Å². The van der Waals surface area contributed by atoms with E-state index < -0.39 is 10.2 Å². The maximum Gasteiger partial charge on any atom is 0.303 e. The van der Waals surface area contributed by atoms with Crippen molar-refractivity contribution in [1.29, 1.82) is 0 Å². The van der Waals surface area contributed by atoms with Crippen LogP contribution >= 0.6 is 34.4 Å². The summed E-state index contributed by atoms with van der Waals surface area (Å²) in [6.45, 7) is 3.29. The van der Waals surface area contributed by atoms with Gasteiger partial charge in [-0.15, -0.1) is 11.3 Å². The molecular formula is C15H18N4O2S4. The maximum atomic E-state index is 12.6. The molecule has 25 heavy (non-hydrogen) atoms. The molecule has 1 N–H and O–H groups in total. The predicted molar refractivity (Wildman–Crippen MR) is 107 cm³/mol. The predicted octanol–water partition coefficient (Wildman–Crippen LogP) is 4.02. The number of aromatic nitrogens is 2. The van der Waals surface area contributed by atoms with Gasteiger partial charge in [-0.1, -0.05) is 30.0 Å². The van der Waals surface area contributed by atoms with Crippen molar-refractivity contribution < 1.29 is 8.42 Å². The number of hydrogen-bond acceptors (Lipinski definition) is 7. The van der Waals surface area contributed by atoms with Crippen molar-refractivity contribution in [2.75, 3.05) is 24.1 Å². The van der Waals surface area contributed by atoms with Crippen LogP contribution in [0, 0.1) is 5.92 Å². The number of nitrogens with one attached hydrogen (secondary N) is 1. The number of nitrogens with zero attached hydrogens (tertiary/aromatic N) is 3. The van der Waals surface area contributed by atoms with E-state index in [4.69, 9.17) is 0 Å². The molecule has 1 aliphatic heterocycles. The van der Waals surface area contributed by atoms with Gasteiger partial charge in [0, 0.05) is 13.1 Å². The van der Waals surface area contributed by atoms with Crippen LogP contribution in [0.15, 0.2) is 16.5 Å². The molecule has 134 valence electrons. The first-order valence-electron chi connectivity index (χ1n) is 7.98. The first kappa shape index (κ1) is 17.5. The van der Waals surface area contributed by atoms with Gasteiger partial charge in [0.15, 0.2) is 9.47 Å². The molecule has 6 nitrogen and oxygen atoms in total. The van der Waals surface area contributed by atoms with Gasteiger partial charge in [0.1, 0.15) is 0 Å². The zero-order valence-electron chi connectivity index (χ0n) is 13.9. The van der Waals surface area contributed by atoms with Crippen LogP contribution in [-0.4, -0.2) is 42.0 Å². The highest BCUT2D eigenvalue weighted by Gasteiger charge is 2.27. The Morgan fingerprint density at radius 3 is 2.48 bits per heavy atom. The molecule has 4 rings (SSSR count). The molecule has 0 radical (unpaired) electrons. The minimum absolute atomic E-state index is 0.417. The molecule has 0 unspecified atom stereocenters. The molecule has 1 aliphatic rings. The van der Waals surface area contributed by atoms with Crippen molar-refractivity contribution in [3.8, 4) is 0 Å². The fraction of sp³-hybridized carbons (Fsp3) is 0.467. The van der Waals surface area contributed by atoms with E-state index >= 15 is 0 Å². The molecule has 0 spiro atoms. The summed E-state index contributed by atoms with van der Waals surface area (Å²) in [5.74, 6) is 0.583. The molecule has 2 aromatic heterocycles. The summed E-state index contributed by atoms with van der Waals surface area (Å²) in [7, 11) is -3.55. The number of benzene rings is 1. The molecule has 0 aliphatic carbocycles. The number of anilines is 1. The van der Waals surface area contributed by atoms with E-state index in [1.807, 2.05) is 18.4 Å². The van der Waals surface area contributed by atoms with Crippen LogP contribution in [0.3, 0.4) is 0 Å². The SMILES string of the molecule is CSc1nc2ccc3nc(NS(=O)(=O)N4CCC(C)CC4)sc3c2s1. The third-order valence-corrected chi connectivity index (χ3v) is 9.20. The fourth-order valence-electron chi connectivity index (χ4n) is 2.88. The van der Waals surface area contributed by atoms with E-state index in [0.29, 0.717) is 24.1 Å². The summed E-state index contributed by atoms with van der Waals surface area (Å²) < 4.78 is 32.5. The Hall–Kier alpha value is -0.940. The quantitative estimate of drug-likeness (QED) is 0.653. The summed E-state index contributed by atoms with van der Waals surface area (Å²) in [5, 5.41) is 0.417. The van der Waals surface area contributed by atoms with Crippen LogP contribution in [0.1, 0.15) is 19.8 Å². The molecule has 0 atom stereocenters. The van der Waals surface area contributed by atoms with Crippen molar-refractivity contribution in [3.63, 3.8) is 0 Å². The van der Waals surface area contributed by atoms with Gasteiger partial charge >= 0.3 is 10.2 Å². The number of rotatable bonds is 4.